The molecule has 0 radical (unpaired) electrons. The van der Waals surface area contributed by atoms with Crippen molar-refractivity contribution in [1.82, 2.24) is 0 Å². The maximum Gasteiger partial charge on any atom is 0.249 e. The molecule has 1 heterocycles. The fourth-order valence-corrected chi connectivity index (χ4v) is 5.12. The number of halogens is 3. The van der Waals surface area contributed by atoms with Gasteiger partial charge in [0.25, 0.3) is 0 Å². The van der Waals surface area contributed by atoms with Gasteiger partial charge in [-0.15, -0.1) is 0 Å². The van der Waals surface area contributed by atoms with Gasteiger partial charge in [0.05, 0.1) is 15.6 Å². The van der Waals surface area contributed by atoms with Crippen LogP contribution in [0.1, 0.15) is 38.2 Å². The number of carbonyl (C=O) groups excluding carboxylic acids is 2. The van der Waals surface area contributed by atoms with E-state index in [-0.39, 0.29) is 22.6 Å². The van der Waals surface area contributed by atoms with Crippen molar-refractivity contribution in [2.75, 3.05) is 4.90 Å². The number of carbonyl (C=O) groups is 2. The normalized spacial score (nSPS) is 20.5. The standard InChI is InChI=1S/C24H22BrCl2N3O2/c1-24(2)10-17-20(18(31)11-24)19(12-3-5-13(25)6-4-12)21(23(29)32)22(28)30(17)14-7-8-15(26)16(27)9-14/h3-9,19H,10-11,28H2,1-2H3,(H2,29,32). The fourth-order valence-electron chi connectivity index (χ4n) is 4.56. The molecule has 0 saturated carbocycles. The number of nitrogens with two attached hydrogens (primary N) is 2. The molecule has 4 rings (SSSR count). The molecule has 1 unspecified atom stereocenters. The molecule has 32 heavy (non-hydrogen) atoms. The summed E-state index contributed by atoms with van der Waals surface area (Å²) in [7, 11) is 0. The average molecular weight is 535 g/mol. The highest BCUT2D eigenvalue weighted by Crippen LogP contribution is 2.50. The molecule has 2 aromatic carbocycles. The van der Waals surface area contributed by atoms with Crippen LogP contribution in [-0.4, -0.2) is 11.7 Å². The van der Waals surface area contributed by atoms with Gasteiger partial charge in [-0.3, -0.25) is 14.5 Å². The first-order valence-electron chi connectivity index (χ1n) is 10.1. The zero-order valence-corrected chi connectivity index (χ0v) is 20.7. The van der Waals surface area contributed by atoms with E-state index in [0.717, 1.165) is 15.7 Å². The molecule has 8 heteroatoms. The monoisotopic (exact) mass is 533 g/mol. The number of anilines is 1. The zero-order chi connectivity index (χ0) is 23.4. The molecule has 5 nitrogen and oxygen atoms in total. The van der Waals surface area contributed by atoms with Crippen molar-refractivity contribution in [3.63, 3.8) is 0 Å². The smallest absolute Gasteiger partial charge is 0.249 e. The Labute approximate surface area is 205 Å². The largest absolute Gasteiger partial charge is 0.384 e. The van der Waals surface area contributed by atoms with Crippen LogP contribution in [0.5, 0.6) is 0 Å². The number of ketones is 1. The topological polar surface area (TPSA) is 89.4 Å². The Balaban J connectivity index is 2.03. The quantitative estimate of drug-likeness (QED) is 0.531. The molecule has 1 aliphatic carbocycles. The van der Waals surface area contributed by atoms with Crippen LogP contribution in [0.2, 0.25) is 10.0 Å². The van der Waals surface area contributed by atoms with Gasteiger partial charge in [0.1, 0.15) is 5.82 Å². The highest BCUT2D eigenvalue weighted by atomic mass is 79.9. The molecule has 2 aliphatic rings. The van der Waals surface area contributed by atoms with E-state index in [0.29, 0.717) is 34.1 Å². The third kappa shape index (κ3) is 3.96. The van der Waals surface area contributed by atoms with E-state index >= 15 is 0 Å². The predicted octanol–water partition coefficient (Wildman–Crippen LogP) is 5.66. The summed E-state index contributed by atoms with van der Waals surface area (Å²) in [4.78, 5) is 27.9. The first kappa shape index (κ1) is 22.9. The van der Waals surface area contributed by atoms with Crippen LogP contribution in [0, 0.1) is 5.41 Å². The first-order chi connectivity index (χ1) is 15.0. The summed E-state index contributed by atoms with van der Waals surface area (Å²) in [6, 6.07) is 12.6. The van der Waals surface area contributed by atoms with Gasteiger partial charge in [0.15, 0.2) is 5.78 Å². The van der Waals surface area contributed by atoms with Crippen molar-refractivity contribution in [3.05, 3.63) is 85.2 Å². The molecular formula is C24H22BrCl2N3O2. The maximum absolute atomic E-state index is 13.5. The Bertz CT molecular complexity index is 1200. The molecule has 4 N–H and O–H groups in total. The first-order valence-corrected chi connectivity index (χ1v) is 11.6. The Morgan fingerprint density at radius 3 is 2.34 bits per heavy atom. The minimum absolute atomic E-state index is 0.0273. The third-order valence-electron chi connectivity index (χ3n) is 5.89. The van der Waals surface area contributed by atoms with E-state index in [1.165, 1.54) is 0 Å². The summed E-state index contributed by atoms with van der Waals surface area (Å²) in [5.41, 5.74) is 15.0. The van der Waals surface area contributed by atoms with E-state index in [9.17, 15) is 9.59 Å². The number of amides is 1. The second kappa shape index (κ2) is 8.25. The van der Waals surface area contributed by atoms with Crippen molar-refractivity contribution >= 4 is 56.5 Å². The summed E-state index contributed by atoms with van der Waals surface area (Å²) in [5, 5.41) is 0.739. The molecule has 0 saturated heterocycles. The molecule has 1 aliphatic heterocycles. The van der Waals surface area contributed by atoms with Gasteiger partial charge < -0.3 is 11.5 Å². The lowest BCUT2D eigenvalue weighted by molar-refractivity contribution is -0.118. The molecule has 1 amide bonds. The van der Waals surface area contributed by atoms with Gasteiger partial charge in [-0.25, -0.2) is 0 Å². The molecule has 1 atom stereocenters. The summed E-state index contributed by atoms with van der Waals surface area (Å²) in [6.07, 6.45) is 0.952. The second-order valence-corrected chi connectivity index (χ2v) is 10.6. The van der Waals surface area contributed by atoms with Crippen LogP contribution in [0.3, 0.4) is 0 Å². The van der Waals surface area contributed by atoms with Crippen molar-refractivity contribution in [1.29, 1.82) is 0 Å². The highest BCUT2D eigenvalue weighted by Gasteiger charge is 2.45. The van der Waals surface area contributed by atoms with Crippen LogP contribution >= 0.6 is 39.1 Å². The fraction of sp³-hybridized carbons (Fsp3) is 0.250. The van der Waals surface area contributed by atoms with Crippen molar-refractivity contribution < 1.29 is 9.59 Å². The number of benzene rings is 2. The number of Topliss-reactive ketones (excluding diaryl/α,β-unsaturated/α-hetero) is 1. The second-order valence-electron chi connectivity index (χ2n) is 8.88. The zero-order valence-electron chi connectivity index (χ0n) is 17.6. The Kier molecular flexibility index (Phi) is 5.90. The number of primary amides is 1. The molecule has 166 valence electrons. The predicted molar refractivity (Wildman–Crippen MR) is 131 cm³/mol. The number of nitrogens with zero attached hydrogens (tertiary/aromatic N) is 1. The van der Waals surface area contributed by atoms with Gasteiger partial charge in [0.2, 0.25) is 5.91 Å². The molecule has 0 spiro atoms. The minimum Gasteiger partial charge on any atom is -0.384 e. The molecule has 0 aromatic heterocycles. The average Bonchev–Trinajstić information content (AvgIpc) is 2.69. The van der Waals surface area contributed by atoms with Crippen molar-refractivity contribution in [3.8, 4) is 0 Å². The highest BCUT2D eigenvalue weighted by molar-refractivity contribution is 9.10. The number of allylic oxidation sites excluding steroid dienone is 2. The number of hydrogen-bond acceptors (Lipinski definition) is 4. The minimum atomic E-state index is -0.676. The molecular weight excluding hydrogens is 513 g/mol. The van der Waals surface area contributed by atoms with Crippen LogP contribution in [0.15, 0.2) is 69.6 Å². The van der Waals surface area contributed by atoms with E-state index in [1.54, 1.807) is 23.1 Å². The summed E-state index contributed by atoms with van der Waals surface area (Å²) in [6.45, 7) is 4.08. The summed E-state index contributed by atoms with van der Waals surface area (Å²) in [5.74, 6) is -1.16. The molecule has 2 aromatic rings. The van der Waals surface area contributed by atoms with E-state index in [1.807, 2.05) is 38.1 Å². The maximum atomic E-state index is 13.5. The van der Waals surface area contributed by atoms with Crippen molar-refractivity contribution in [2.45, 2.75) is 32.6 Å². The lowest BCUT2D eigenvalue weighted by Crippen LogP contribution is -2.44. The third-order valence-corrected chi connectivity index (χ3v) is 7.16. The SMILES string of the molecule is CC1(C)CC(=O)C2=C(C1)N(c1ccc(Cl)c(Cl)c1)C(N)=C(C(N)=O)C2c1ccc(Br)cc1. The summed E-state index contributed by atoms with van der Waals surface area (Å²) >= 11 is 15.8. The molecule has 0 bridgehead atoms. The van der Waals surface area contributed by atoms with Gasteiger partial charge in [-0.1, -0.05) is 65.1 Å². The van der Waals surface area contributed by atoms with Crippen LogP contribution in [0.25, 0.3) is 0 Å². The number of rotatable bonds is 3. The number of hydrogen-bond donors (Lipinski definition) is 2. The summed E-state index contributed by atoms with van der Waals surface area (Å²) < 4.78 is 0.886. The van der Waals surface area contributed by atoms with E-state index in [2.05, 4.69) is 15.9 Å². The van der Waals surface area contributed by atoms with Crippen LogP contribution in [0.4, 0.5) is 5.69 Å². The lowest BCUT2D eigenvalue weighted by atomic mass is 9.68. The van der Waals surface area contributed by atoms with Crippen molar-refractivity contribution in [2.24, 2.45) is 16.9 Å². The van der Waals surface area contributed by atoms with Crippen LogP contribution < -0.4 is 16.4 Å². The molecule has 0 fully saturated rings. The Morgan fingerprint density at radius 2 is 1.75 bits per heavy atom. The Hall–Kier alpha value is -2.28. The van der Waals surface area contributed by atoms with E-state index in [4.69, 9.17) is 34.7 Å². The van der Waals surface area contributed by atoms with Crippen LogP contribution in [-0.2, 0) is 9.59 Å². The Morgan fingerprint density at radius 1 is 1.09 bits per heavy atom. The van der Waals surface area contributed by atoms with Gasteiger partial charge >= 0.3 is 0 Å². The van der Waals surface area contributed by atoms with E-state index < -0.39 is 11.8 Å². The van der Waals surface area contributed by atoms with Gasteiger partial charge in [0, 0.05) is 33.8 Å². The van der Waals surface area contributed by atoms with Gasteiger partial charge in [-0.2, -0.15) is 0 Å². The lowest BCUT2D eigenvalue weighted by Gasteiger charge is -2.44. The van der Waals surface area contributed by atoms with Gasteiger partial charge in [-0.05, 0) is 47.7 Å².